The molecule has 3 rings (SSSR count). The van der Waals surface area contributed by atoms with E-state index in [9.17, 15) is 18.0 Å². The predicted molar refractivity (Wildman–Crippen MR) is 62.5 cm³/mol. The first-order valence-corrected chi connectivity index (χ1v) is 5.71. The Morgan fingerprint density at radius 2 is 2.00 bits per heavy atom. The molecular weight excluding hydrogens is 259 g/mol. The third-order valence-electron chi connectivity index (χ3n) is 3.34. The average Bonchev–Trinajstić information content (AvgIpc) is 3.05. The topological polar surface area (TPSA) is 71.8 Å². The molecule has 0 saturated heterocycles. The van der Waals surface area contributed by atoms with Gasteiger partial charge in [-0.3, -0.25) is 0 Å². The summed E-state index contributed by atoms with van der Waals surface area (Å²) in [5.74, 6) is 0. The average molecular weight is 269 g/mol. The molecule has 0 aliphatic heterocycles. The molecule has 0 unspecified atom stereocenters. The SMILES string of the molecule is NC1(c2[nH]c(=O)nc3c(C(F)(F)F)cccc23)CC1. The van der Waals surface area contributed by atoms with Gasteiger partial charge in [0.1, 0.15) is 0 Å². The van der Waals surface area contributed by atoms with Gasteiger partial charge < -0.3 is 10.7 Å². The lowest BCUT2D eigenvalue weighted by atomic mass is 10.0. The van der Waals surface area contributed by atoms with Crippen molar-refractivity contribution in [2.45, 2.75) is 24.6 Å². The van der Waals surface area contributed by atoms with Crippen molar-refractivity contribution in [1.29, 1.82) is 0 Å². The molecule has 0 bridgehead atoms. The Labute approximate surface area is 105 Å². The number of halogens is 3. The zero-order chi connectivity index (χ0) is 13.8. The summed E-state index contributed by atoms with van der Waals surface area (Å²) in [6, 6.07) is 3.70. The maximum Gasteiger partial charge on any atom is 0.418 e. The summed E-state index contributed by atoms with van der Waals surface area (Å²) in [5, 5.41) is 0.259. The molecule has 1 aliphatic carbocycles. The van der Waals surface area contributed by atoms with E-state index in [1.54, 1.807) is 0 Å². The zero-order valence-corrected chi connectivity index (χ0v) is 9.71. The number of rotatable bonds is 1. The second-order valence-electron chi connectivity index (χ2n) is 4.77. The Kier molecular flexibility index (Phi) is 2.28. The summed E-state index contributed by atoms with van der Waals surface area (Å²) >= 11 is 0. The molecule has 0 atom stereocenters. The van der Waals surface area contributed by atoms with Gasteiger partial charge in [0, 0.05) is 11.1 Å². The fraction of sp³-hybridized carbons (Fsp3) is 0.333. The number of hydrogen-bond acceptors (Lipinski definition) is 3. The highest BCUT2D eigenvalue weighted by Gasteiger charge is 2.43. The molecule has 1 heterocycles. The highest BCUT2D eigenvalue weighted by molar-refractivity contribution is 5.85. The lowest BCUT2D eigenvalue weighted by Gasteiger charge is -2.14. The Morgan fingerprint density at radius 3 is 2.58 bits per heavy atom. The van der Waals surface area contributed by atoms with Gasteiger partial charge in [-0.25, -0.2) is 4.79 Å². The van der Waals surface area contributed by atoms with E-state index < -0.39 is 23.0 Å². The molecule has 3 N–H and O–H groups in total. The number of hydrogen-bond donors (Lipinski definition) is 2. The largest absolute Gasteiger partial charge is 0.418 e. The van der Waals surface area contributed by atoms with E-state index in [0.717, 1.165) is 6.07 Å². The molecule has 1 aliphatic rings. The molecule has 100 valence electrons. The van der Waals surface area contributed by atoms with Gasteiger partial charge >= 0.3 is 11.9 Å². The molecule has 19 heavy (non-hydrogen) atoms. The summed E-state index contributed by atoms with van der Waals surface area (Å²) < 4.78 is 38.7. The van der Waals surface area contributed by atoms with Gasteiger partial charge in [-0.15, -0.1) is 0 Å². The van der Waals surface area contributed by atoms with Crippen LogP contribution in [-0.4, -0.2) is 9.97 Å². The molecule has 1 aromatic heterocycles. The Morgan fingerprint density at radius 1 is 1.32 bits per heavy atom. The van der Waals surface area contributed by atoms with Crippen LogP contribution in [0.4, 0.5) is 13.2 Å². The Bertz CT molecular complexity index is 716. The van der Waals surface area contributed by atoms with Crippen molar-refractivity contribution >= 4 is 10.9 Å². The first kappa shape index (κ1) is 12.2. The molecule has 1 saturated carbocycles. The minimum absolute atomic E-state index is 0.259. The molecule has 0 radical (unpaired) electrons. The quantitative estimate of drug-likeness (QED) is 0.830. The minimum Gasteiger partial charge on any atom is -0.320 e. The number of H-pyrrole nitrogens is 1. The summed E-state index contributed by atoms with van der Waals surface area (Å²) in [7, 11) is 0. The molecular formula is C12H10F3N3O. The fourth-order valence-corrected chi connectivity index (χ4v) is 2.18. The van der Waals surface area contributed by atoms with E-state index >= 15 is 0 Å². The minimum atomic E-state index is -4.55. The van der Waals surface area contributed by atoms with Crippen LogP contribution < -0.4 is 11.4 Å². The van der Waals surface area contributed by atoms with Gasteiger partial charge in [0.2, 0.25) is 0 Å². The van der Waals surface area contributed by atoms with Crippen LogP contribution in [0.3, 0.4) is 0 Å². The highest BCUT2D eigenvalue weighted by Crippen LogP contribution is 2.44. The summed E-state index contributed by atoms with van der Waals surface area (Å²) in [6.45, 7) is 0. The monoisotopic (exact) mass is 269 g/mol. The smallest absolute Gasteiger partial charge is 0.320 e. The van der Waals surface area contributed by atoms with Crippen LogP contribution in [0.5, 0.6) is 0 Å². The van der Waals surface area contributed by atoms with E-state index in [1.165, 1.54) is 12.1 Å². The predicted octanol–water partition coefficient (Wildman–Crippen LogP) is 1.89. The first-order valence-electron chi connectivity index (χ1n) is 5.71. The third kappa shape index (κ3) is 1.90. The molecule has 4 nitrogen and oxygen atoms in total. The van der Waals surface area contributed by atoms with E-state index in [0.29, 0.717) is 18.5 Å². The van der Waals surface area contributed by atoms with Gasteiger partial charge in [0.25, 0.3) is 0 Å². The van der Waals surface area contributed by atoms with Gasteiger partial charge in [-0.2, -0.15) is 18.2 Å². The van der Waals surface area contributed by atoms with Crippen LogP contribution in [0.25, 0.3) is 10.9 Å². The Balaban J connectivity index is 2.40. The van der Waals surface area contributed by atoms with Gasteiger partial charge in [-0.1, -0.05) is 12.1 Å². The number of para-hydroxylation sites is 1. The molecule has 7 heteroatoms. The van der Waals surface area contributed by atoms with E-state index in [2.05, 4.69) is 9.97 Å². The molecule has 1 fully saturated rings. The van der Waals surface area contributed by atoms with E-state index in [4.69, 9.17) is 5.73 Å². The van der Waals surface area contributed by atoms with Crippen molar-refractivity contribution in [2.24, 2.45) is 5.73 Å². The van der Waals surface area contributed by atoms with Crippen LogP contribution in [0.1, 0.15) is 24.1 Å². The second-order valence-corrected chi connectivity index (χ2v) is 4.77. The summed E-state index contributed by atoms with van der Waals surface area (Å²) in [6.07, 6.45) is -3.28. The maximum atomic E-state index is 12.9. The van der Waals surface area contributed by atoms with Gasteiger partial charge in [0.15, 0.2) is 0 Å². The number of fused-ring (bicyclic) bond motifs is 1. The second kappa shape index (κ2) is 3.57. The standard InChI is InChI=1S/C12H10F3N3O/c13-12(14,15)7-3-1-2-6-8(7)17-10(19)18-9(6)11(16)4-5-11/h1-3H,4-5,16H2,(H,17,18,19). The van der Waals surface area contributed by atoms with Crippen LogP contribution in [0.15, 0.2) is 23.0 Å². The van der Waals surface area contributed by atoms with Crippen LogP contribution in [0, 0.1) is 0 Å². The number of benzene rings is 1. The number of nitrogens with two attached hydrogens (primary N) is 1. The zero-order valence-electron chi connectivity index (χ0n) is 9.71. The Hall–Kier alpha value is -1.89. The van der Waals surface area contributed by atoms with Crippen LogP contribution in [0.2, 0.25) is 0 Å². The number of nitrogens with one attached hydrogen (secondary N) is 1. The normalized spacial score (nSPS) is 17.7. The van der Waals surface area contributed by atoms with Crippen molar-refractivity contribution in [3.8, 4) is 0 Å². The summed E-state index contributed by atoms with van der Waals surface area (Å²) in [5.41, 5.74) is 3.53. The van der Waals surface area contributed by atoms with Crippen molar-refractivity contribution in [3.05, 3.63) is 39.9 Å². The van der Waals surface area contributed by atoms with Crippen molar-refractivity contribution in [3.63, 3.8) is 0 Å². The van der Waals surface area contributed by atoms with Gasteiger partial charge in [-0.05, 0) is 18.9 Å². The number of aromatic amines is 1. The molecule has 0 spiro atoms. The lowest BCUT2D eigenvalue weighted by molar-refractivity contribution is -0.136. The first-order chi connectivity index (χ1) is 8.81. The van der Waals surface area contributed by atoms with E-state index in [-0.39, 0.29) is 10.9 Å². The summed E-state index contributed by atoms with van der Waals surface area (Å²) in [4.78, 5) is 17.4. The number of alkyl halides is 3. The molecule has 0 amide bonds. The molecule has 2 aromatic rings. The van der Waals surface area contributed by atoms with Crippen molar-refractivity contribution in [2.75, 3.05) is 0 Å². The highest BCUT2D eigenvalue weighted by atomic mass is 19.4. The number of nitrogens with zero attached hydrogens (tertiary/aromatic N) is 1. The fourth-order valence-electron chi connectivity index (χ4n) is 2.18. The van der Waals surface area contributed by atoms with Crippen LogP contribution in [-0.2, 0) is 11.7 Å². The van der Waals surface area contributed by atoms with Crippen molar-refractivity contribution < 1.29 is 13.2 Å². The van der Waals surface area contributed by atoms with Crippen molar-refractivity contribution in [1.82, 2.24) is 9.97 Å². The van der Waals surface area contributed by atoms with Crippen LogP contribution >= 0.6 is 0 Å². The van der Waals surface area contributed by atoms with Gasteiger partial charge in [0.05, 0.1) is 16.6 Å². The lowest BCUT2D eigenvalue weighted by Crippen LogP contribution is -2.26. The van der Waals surface area contributed by atoms with E-state index in [1.807, 2.05) is 0 Å². The molecule has 1 aromatic carbocycles. The maximum absolute atomic E-state index is 12.9. The third-order valence-corrected chi connectivity index (χ3v) is 3.34. The number of aromatic nitrogens is 2.